The molecule has 0 aliphatic rings. The van der Waals surface area contributed by atoms with Crippen LogP contribution < -0.4 is 10.2 Å². The number of fused-ring (bicyclic) bond motifs is 2. The van der Waals surface area contributed by atoms with Crippen molar-refractivity contribution in [2.75, 3.05) is 13.2 Å². The second-order valence-corrected chi connectivity index (χ2v) is 5.98. The fourth-order valence-electron chi connectivity index (χ4n) is 2.52. The Morgan fingerprint density at radius 3 is 2.57 bits per heavy atom. The van der Waals surface area contributed by atoms with Gasteiger partial charge < -0.3 is 9.47 Å². The zero-order valence-corrected chi connectivity index (χ0v) is 13.7. The first kappa shape index (κ1) is 15.5. The van der Waals surface area contributed by atoms with Gasteiger partial charge in [0.15, 0.2) is 5.43 Å². The van der Waals surface area contributed by atoms with Crippen molar-refractivity contribution in [1.82, 2.24) is 0 Å². The molecule has 0 saturated carbocycles. The van der Waals surface area contributed by atoms with E-state index in [1.807, 2.05) is 25.1 Å². The Morgan fingerprint density at radius 2 is 1.83 bits per heavy atom. The smallest absolute Gasteiger partial charge is 0.341 e. The molecule has 2 aromatic carbocycles. The molecule has 3 rings (SSSR count). The zero-order valence-electron chi connectivity index (χ0n) is 12.9. The van der Waals surface area contributed by atoms with Crippen molar-refractivity contribution < 1.29 is 14.3 Å². The number of ether oxygens (including phenoxy) is 2. The highest BCUT2D eigenvalue weighted by Crippen LogP contribution is 2.33. The number of rotatable bonds is 4. The highest BCUT2D eigenvalue weighted by Gasteiger charge is 2.20. The maximum absolute atomic E-state index is 12.9. The van der Waals surface area contributed by atoms with Crippen LogP contribution in [-0.4, -0.2) is 19.2 Å². The van der Waals surface area contributed by atoms with Crippen molar-refractivity contribution in [3.8, 4) is 5.75 Å². The average molecular weight is 328 g/mol. The highest BCUT2D eigenvalue weighted by atomic mass is 32.1. The minimum atomic E-state index is -0.476. The van der Waals surface area contributed by atoms with Crippen LogP contribution in [0.1, 0.15) is 24.2 Å². The summed E-state index contributed by atoms with van der Waals surface area (Å²) < 4.78 is 12.4. The second-order valence-electron chi connectivity index (χ2n) is 4.90. The van der Waals surface area contributed by atoms with Gasteiger partial charge >= 0.3 is 5.97 Å². The van der Waals surface area contributed by atoms with Crippen LogP contribution in [0, 0.1) is 0 Å². The largest absolute Gasteiger partial charge is 0.492 e. The van der Waals surface area contributed by atoms with E-state index < -0.39 is 5.97 Å². The maximum Gasteiger partial charge on any atom is 0.341 e. The molecule has 0 spiro atoms. The van der Waals surface area contributed by atoms with E-state index in [0.717, 1.165) is 9.40 Å². The van der Waals surface area contributed by atoms with E-state index in [-0.39, 0.29) is 12.0 Å². The molecule has 3 aromatic rings. The van der Waals surface area contributed by atoms with Crippen molar-refractivity contribution in [2.24, 2.45) is 0 Å². The number of hydrogen-bond donors (Lipinski definition) is 0. The molecule has 23 heavy (non-hydrogen) atoms. The van der Waals surface area contributed by atoms with Gasteiger partial charge in [0, 0.05) is 14.8 Å². The Hall–Kier alpha value is -2.40. The minimum Gasteiger partial charge on any atom is -0.492 e. The third-order valence-corrected chi connectivity index (χ3v) is 4.62. The number of carbonyl (C=O) groups is 1. The van der Waals surface area contributed by atoms with Gasteiger partial charge in [0.25, 0.3) is 0 Å². The molecule has 0 aliphatic heterocycles. The van der Waals surface area contributed by atoms with Crippen molar-refractivity contribution >= 4 is 37.5 Å². The van der Waals surface area contributed by atoms with Crippen LogP contribution in [0.4, 0.5) is 0 Å². The van der Waals surface area contributed by atoms with Crippen LogP contribution >= 0.6 is 11.3 Å². The Kier molecular flexibility index (Phi) is 4.30. The van der Waals surface area contributed by atoms with E-state index in [9.17, 15) is 9.59 Å². The SMILES string of the molecule is CCOC(=O)c1ccc2sc3ccccc3c(=O)c2c1OCC. The number of esters is 1. The molecule has 1 aromatic heterocycles. The van der Waals surface area contributed by atoms with Gasteiger partial charge in [-0.2, -0.15) is 0 Å². The third kappa shape index (κ3) is 2.68. The van der Waals surface area contributed by atoms with E-state index in [1.54, 1.807) is 25.1 Å². The van der Waals surface area contributed by atoms with E-state index >= 15 is 0 Å². The summed E-state index contributed by atoms with van der Waals surface area (Å²) in [6, 6.07) is 10.9. The lowest BCUT2D eigenvalue weighted by Gasteiger charge is -2.12. The molecule has 0 atom stereocenters. The van der Waals surface area contributed by atoms with E-state index in [2.05, 4.69) is 0 Å². The molecule has 4 nitrogen and oxygen atoms in total. The Morgan fingerprint density at radius 1 is 1.04 bits per heavy atom. The Bertz CT molecular complexity index is 943. The predicted molar refractivity (Wildman–Crippen MR) is 92.7 cm³/mol. The molecule has 0 unspecified atom stereocenters. The summed E-state index contributed by atoms with van der Waals surface area (Å²) in [5.41, 5.74) is 0.171. The highest BCUT2D eigenvalue weighted by molar-refractivity contribution is 7.24. The molecule has 0 fully saturated rings. The fraction of sp³-hybridized carbons (Fsp3) is 0.222. The molecular formula is C18H16O4S. The monoisotopic (exact) mass is 328 g/mol. The van der Waals surface area contributed by atoms with Gasteiger partial charge in [-0.15, -0.1) is 11.3 Å². The second kappa shape index (κ2) is 6.38. The summed E-state index contributed by atoms with van der Waals surface area (Å²) in [5, 5.41) is 1.08. The van der Waals surface area contributed by atoms with Gasteiger partial charge in [0.1, 0.15) is 11.3 Å². The van der Waals surface area contributed by atoms with Crippen molar-refractivity contribution in [3.05, 3.63) is 52.2 Å². The van der Waals surface area contributed by atoms with Gasteiger partial charge in [0.05, 0.1) is 18.6 Å². The third-order valence-electron chi connectivity index (χ3n) is 3.48. The van der Waals surface area contributed by atoms with Crippen LogP contribution in [0.2, 0.25) is 0 Å². The van der Waals surface area contributed by atoms with Crippen molar-refractivity contribution in [1.29, 1.82) is 0 Å². The molecule has 0 N–H and O–H groups in total. The van der Waals surface area contributed by atoms with Crippen LogP contribution in [0.25, 0.3) is 20.2 Å². The van der Waals surface area contributed by atoms with Crippen molar-refractivity contribution in [3.63, 3.8) is 0 Å². The number of carbonyl (C=O) groups excluding carboxylic acids is 1. The molecule has 0 aliphatic carbocycles. The van der Waals surface area contributed by atoms with Gasteiger partial charge in [0.2, 0.25) is 0 Å². The number of hydrogen-bond acceptors (Lipinski definition) is 5. The summed E-state index contributed by atoms with van der Waals surface area (Å²) >= 11 is 1.51. The van der Waals surface area contributed by atoms with Crippen LogP contribution in [0.5, 0.6) is 5.75 Å². The summed E-state index contributed by atoms with van der Waals surface area (Å²) in [4.78, 5) is 25.0. The molecule has 118 valence electrons. The lowest BCUT2D eigenvalue weighted by molar-refractivity contribution is 0.0522. The number of benzene rings is 2. The molecule has 0 radical (unpaired) electrons. The summed E-state index contributed by atoms with van der Waals surface area (Å²) in [7, 11) is 0. The Labute approximate surface area is 137 Å². The summed E-state index contributed by atoms with van der Waals surface area (Å²) in [5.74, 6) is -0.161. The lowest BCUT2D eigenvalue weighted by Crippen LogP contribution is -2.11. The topological polar surface area (TPSA) is 52.6 Å². The van der Waals surface area contributed by atoms with E-state index in [1.165, 1.54) is 11.3 Å². The molecular weight excluding hydrogens is 312 g/mol. The standard InChI is InChI=1S/C18H16O4S/c1-3-21-17-12(18(20)22-4-2)9-10-14-15(17)16(19)11-7-5-6-8-13(11)23-14/h5-10H,3-4H2,1-2H3. The van der Waals surface area contributed by atoms with Crippen LogP contribution in [0.3, 0.4) is 0 Å². The van der Waals surface area contributed by atoms with E-state index in [4.69, 9.17) is 9.47 Å². The Balaban J connectivity index is 2.39. The van der Waals surface area contributed by atoms with Gasteiger partial charge in [-0.05, 0) is 38.1 Å². The zero-order chi connectivity index (χ0) is 16.4. The molecule has 0 bridgehead atoms. The first-order valence-corrected chi connectivity index (χ1v) is 8.27. The maximum atomic E-state index is 12.9. The van der Waals surface area contributed by atoms with Crippen LogP contribution in [-0.2, 0) is 4.74 Å². The average Bonchev–Trinajstić information content (AvgIpc) is 2.55. The molecule has 0 amide bonds. The molecule has 1 heterocycles. The normalized spacial score (nSPS) is 10.9. The van der Waals surface area contributed by atoms with Gasteiger partial charge in [-0.3, -0.25) is 4.79 Å². The quantitative estimate of drug-likeness (QED) is 0.537. The first-order chi connectivity index (χ1) is 11.2. The molecule has 0 saturated heterocycles. The van der Waals surface area contributed by atoms with Gasteiger partial charge in [-0.25, -0.2) is 4.79 Å². The summed E-state index contributed by atoms with van der Waals surface area (Å²) in [6.45, 7) is 4.20. The van der Waals surface area contributed by atoms with Crippen molar-refractivity contribution in [2.45, 2.75) is 13.8 Å². The predicted octanol–water partition coefficient (Wildman–Crippen LogP) is 3.99. The van der Waals surface area contributed by atoms with Crippen LogP contribution in [0.15, 0.2) is 41.2 Å². The summed E-state index contributed by atoms with van der Waals surface area (Å²) in [6.07, 6.45) is 0. The molecule has 5 heteroatoms. The fourth-order valence-corrected chi connectivity index (χ4v) is 3.60. The van der Waals surface area contributed by atoms with Gasteiger partial charge in [-0.1, -0.05) is 12.1 Å². The first-order valence-electron chi connectivity index (χ1n) is 7.45. The van der Waals surface area contributed by atoms with E-state index in [0.29, 0.717) is 28.7 Å². The lowest BCUT2D eigenvalue weighted by atomic mass is 10.1. The minimum absolute atomic E-state index is 0.121.